The fourth-order valence-corrected chi connectivity index (χ4v) is 4.11. The van der Waals surface area contributed by atoms with E-state index in [0.29, 0.717) is 23.4 Å². The number of hydrogen-bond donors (Lipinski definition) is 0. The van der Waals surface area contributed by atoms with E-state index in [2.05, 4.69) is 34.3 Å². The fourth-order valence-electron chi connectivity index (χ4n) is 4.11. The molecule has 1 saturated heterocycles. The van der Waals surface area contributed by atoms with Crippen LogP contribution in [0.4, 0.5) is 0 Å². The van der Waals surface area contributed by atoms with Crippen LogP contribution in [-0.4, -0.2) is 70.8 Å². The van der Waals surface area contributed by atoms with Crippen molar-refractivity contribution < 1.29 is 14.3 Å². The maximum Gasteiger partial charge on any atom is 0.341 e. The maximum atomic E-state index is 13.0. The number of esters is 1. The van der Waals surface area contributed by atoms with Crippen LogP contribution in [0.25, 0.3) is 5.69 Å². The van der Waals surface area contributed by atoms with Gasteiger partial charge in [-0.2, -0.15) is 5.10 Å². The Balaban J connectivity index is 1.33. The summed E-state index contributed by atoms with van der Waals surface area (Å²) in [6.07, 6.45) is 2.55. The topological polar surface area (TPSA) is 67.7 Å². The lowest BCUT2D eigenvalue weighted by atomic mass is 10.1. The highest BCUT2D eigenvalue weighted by Gasteiger charge is 2.22. The van der Waals surface area contributed by atoms with Gasteiger partial charge in [0, 0.05) is 38.3 Å². The summed E-state index contributed by atoms with van der Waals surface area (Å²) in [7, 11) is 0. The van der Waals surface area contributed by atoms with Crippen molar-refractivity contribution >= 4 is 11.9 Å². The van der Waals surface area contributed by atoms with Crippen LogP contribution in [0.3, 0.4) is 0 Å². The third-order valence-corrected chi connectivity index (χ3v) is 6.08. The van der Waals surface area contributed by atoms with Crippen LogP contribution in [0.2, 0.25) is 0 Å². The number of nitrogens with zero attached hydrogens (tertiary/aromatic N) is 4. The highest BCUT2D eigenvalue weighted by atomic mass is 16.5. The molecule has 0 atom stereocenters. The molecule has 1 amide bonds. The average molecular weight is 447 g/mol. The van der Waals surface area contributed by atoms with Crippen molar-refractivity contribution in [3.8, 4) is 5.69 Å². The van der Waals surface area contributed by atoms with Crippen molar-refractivity contribution in [2.75, 3.05) is 39.3 Å². The summed E-state index contributed by atoms with van der Waals surface area (Å²) in [5.41, 5.74) is 3.96. The monoisotopic (exact) mass is 446 g/mol. The van der Waals surface area contributed by atoms with Gasteiger partial charge in [-0.15, -0.1) is 0 Å². The minimum atomic E-state index is -0.379. The molecule has 0 spiro atoms. The molecule has 0 bridgehead atoms. The first-order valence-electron chi connectivity index (χ1n) is 11.4. The minimum Gasteiger partial charge on any atom is -0.462 e. The van der Waals surface area contributed by atoms with E-state index in [9.17, 15) is 9.59 Å². The first kappa shape index (κ1) is 22.7. The zero-order chi connectivity index (χ0) is 23.2. The van der Waals surface area contributed by atoms with Crippen LogP contribution in [0.1, 0.15) is 38.9 Å². The SMILES string of the molecule is CCOC(=O)c1cnn(-c2ccc(C(=O)N3CCN(CCc4ccccc4)CC3)cc2)c1C. The van der Waals surface area contributed by atoms with E-state index < -0.39 is 0 Å². The van der Waals surface area contributed by atoms with Crippen LogP contribution in [0.5, 0.6) is 0 Å². The lowest BCUT2D eigenvalue weighted by Gasteiger charge is -2.34. The standard InChI is InChI=1S/C26H30N4O3/c1-3-33-26(32)24-19-27-30(20(24)2)23-11-9-22(10-12-23)25(31)29-17-15-28(16-18-29)14-13-21-7-5-4-6-8-21/h4-12,19H,3,13-18H2,1-2H3. The van der Waals surface area contributed by atoms with Gasteiger partial charge in [-0.3, -0.25) is 9.69 Å². The van der Waals surface area contributed by atoms with Gasteiger partial charge in [0.05, 0.1) is 24.2 Å². The summed E-state index contributed by atoms with van der Waals surface area (Å²) in [5.74, 6) is -0.329. The van der Waals surface area contributed by atoms with Gasteiger partial charge in [0.15, 0.2) is 0 Å². The fraction of sp³-hybridized carbons (Fsp3) is 0.346. The summed E-state index contributed by atoms with van der Waals surface area (Å²) in [6.45, 7) is 8.18. The lowest BCUT2D eigenvalue weighted by Crippen LogP contribution is -2.49. The molecular formula is C26H30N4O3. The molecule has 2 aromatic carbocycles. The molecule has 1 fully saturated rings. The van der Waals surface area contributed by atoms with E-state index in [-0.39, 0.29) is 11.9 Å². The highest BCUT2D eigenvalue weighted by Crippen LogP contribution is 2.17. The number of hydrogen-bond acceptors (Lipinski definition) is 5. The van der Waals surface area contributed by atoms with Gasteiger partial charge in [-0.25, -0.2) is 9.48 Å². The lowest BCUT2D eigenvalue weighted by molar-refractivity contribution is 0.0525. The van der Waals surface area contributed by atoms with Gasteiger partial charge < -0.3 is 9.64 Å². The molecule has 7 nitrogen and oxygen atoms in total. The molecule has 2 heterocycles. The quantitative estimate of drug-likeness (QED) is 0.521. The van der Waals surface area contributed by atoms with Gasteiger partial charge in [0.25, 0.3) is 5.91 Å². The van der Waals surface area contributed by atoms with Crippen molar-refractivity contribution in [2.24, 2.45) is 0 Å². The van der Waals surface area contributed by atoms with Crippen LogP contribution in [-0.2, 0) is 11.2 Å². The molecular weight excluding hydrogens is 416 g/mol. The van der Waals surface area contributed by atoms with Gasteiger partial charge in [0.2, 0.25) is 0 Å². The molecule has 0 saturated carbocycles. The van der Waals surface area contributed by atoms with Gasteiger partial charge >= 0.3 is 5.97 Å². The van der Waals surface area contributed by atoms with E-state index in [1.807, 2.05) is 42.2 Å². The Hall–Kier alpha value is -3.45. The maximum absolute atomic E-state index is 13.0. The summed E-state index contributed by atoms with van der Waals surface area (Å²) in [5, 5.41) is 4.32. The van der Waals surface area contributed by atoms with Gasteiger partial charge in [-0.05, 0) is 50.1 Å². The normalized spacial score (nSPS) is 14.3. The van der Waals surface area contributed by atoms with E-state index in [4.69, 9.17) is 4.74 Å². The predicted octanol–water partition coefficient (Wildman–Crippen LogP) is 3.36. The summed E-state index contributed by atoms with van der Waals surface area (Å²) in [4.78, 5) is 29.4. The zero-order valence-electron chi connectivity index (χ0n) is 19.2. The Morgan fingerprint density at radius 2 is 1.67 bits per heavy atom. The number of carbonyl (C=O) groups excluding carboxylic acids is 2. The molecule has 1 aromatic heterocycles. The number of aromatic nitrogens is 2. The van der Waals surface area contributed by atoms with Crippen LogP contribution < -0.4 is 0 Å². The Morgan fingerprint density at radius 1 is 0.970 bits per heavy atom. The van der Waals surface area contributed by atoms with Crippen molar-refractivity contribution in [3.63, 3.8) is 0 Å². The average Bonchev–Trinajstić information content (AvgIpc) is 3.25. The van der Waals surface area contributed by atoms with Crippen molar-refractivity contribution in [3.05, 3.63) is 83.2 Å². The second-order valence-electron chi connectivity index (χ2n) is 8.19. The second kappa shape index (κ2) is 10.4. The van der Waals surface area contributed by atoms with Crippen molar-refractivity contribution in [2.45, 2.75) is 20.3 Å². The second-order valence-corrected chi connectivity index (χ2v) is 8.19. The smallest absolute Gasteiger partial charge is 0.341 e. The molecule has 0 unspecified atom stereocenters. The molecule has 4 rings (SSSR count). The number of ether oxygens (including phenoxy) is 1. The molecule has 7 heteroatoms. The predicted molar refractivity (Wildman–Crippen MR) is 127 cm³/mol. The molecule has 0 radical (unpaired) electrons. The first-order valence-corrected chi connectivity index (χ1v) is 11.4. The van der Waals surface area contributed by atoms with Crippen molar-refractivity contribution in [1.29, 1.82) is 0 Å². The van der Waals surface area contributed by atoms with Crippen molar-refractivity contribution in [1.82, 2.24) is 19.6 Å². The Morgan fingerprint density at radius 3 is 2.33 bits per heavy atom. The molecule has 172 valence electrons. The van der Waals surface area contributed by atoms with E-state index in [1.165, 1.54) is 11.8 Å². The van der Waals surface area contributed by atoms with Gasteiger partial charge in [-0.1, -0.05) is 30.3 Å². The van der Waals surface area contributed by atoms with E-state index in [1.54, 1.807) is 11.6 Å². The van der Waals surface area contributed by atoms with Crippen LogP contribution >= 0.6 is 0 Å². The third kappa shape index (κ3) is 5.31. The van der Waals surface area contributed by atoms with E-state index in [0.717, 1.165) is 44.8 Å². The highest BCUT2D eigenvalue weighted by molar-refractivity contribution is 5.94. The number of amides is 1. The Labute approximate surface area is 194 Å². The Kier molecular flexibility index (Phi) is 7.19. The summed E-state index contributed by atoms with van der Waals surface area (Å²) >= 11 is 0. The summed E-state index contributed by atoms with van der Waals surface area (Å²) in [6, 6.07) is 17.9. The third-order valence-electron chi connectivity index (χ3n) is 6.08. The largest absolute Gasteiger partial charge is 0.462 e. The molecule has 1 aliphatic heterocycles. The van der Waals surface area contributed by atoms with Gasteiger partial charge in [0.1, 0.15) is 5.56 Å². The molecule has 33 heavy (non-hydrogen) atoms. The Bertz CT molecular complexity index is 1080. The summed E-state index contributed by atoms with van der Waals surface area (Å²) < 4.78 is 6.76. The zero-order valence-corrected chi connectivity index (χ0v) is 19.2. The number of piperazine rings is 1. The van der Waals surface area contributed by atoms with Crippen LogP contribution in [0, 0.1) is 6.92 Å². The number of benzene rings is 2. The van der Waals surface area contributed by atoms with Crippen LogP contribution in [0.15, 0.2) is 60.8 Å². The molecule has 1 aliphatic rings. The number of carbonyl (C=O) groups is 2. The molecule has 0 N–H and O–H groups in total. The van der Waals surface area contributed by atoms with E-state index >= 15 is 0 Å². The first-order chi connectivity index (χ1) is 16.1. The molecule has 0 aliphatic carbocycles. The number of rotatable bonds is 7. The minimum absolute atomic E-state index is 0.0497. The molecule has 3 aromatic rings.